The first-order valence-corrected chi connectivity index (χ1v) is 12.6. The molecule has 0 saturated carbocycles. The van der Waals surface area contributed by atoms with Gasteiger partial charge < -0.3 is 9.84 Å². The number of ether oxygens (including phenoxy) is 1. The third-order valence-corrected chi connectivity index (χ3v) is 6.04. The summed E-state index contributed by atoms with van der Waals surface area (Å²) in [5.74, 6) is 5.99. The Bertz CT molecular complexity index is 1670. The third-order valence-electron chi connectivity index (χ3n) is 6.04. The molecule has 0 radical (unpaired) electrons. The molecule has 0 aliphatic rings. The lowest BCUT2D eigenvalue weighted by Crippen LogP contribution is -2.40. The Morgan fingerprint density at radius 3 is 2.61 bits per heavy atom. The van der Waals surface area contributed by atoms with E-state index in [2.05, 4.69) is 16.8 Å². The number of benzene rings is 2. The highest BCUT2D eigenvalue weighted by Gasteiger charge is 2.18. The normalized spacial score (nSPS) is 11.1. The number of fused-ring (bicyclic) bond motifs is 2. The predicted molar refractivity (Wildman–Crippen MR) is 145 cm³/mol. The van der Waals surface area contributed by atoms with Gasteiger partial charge in [0.15, 0.2) is 11.2 Å². The second-order valence-electron chi connectivity index (χ2n) is 9.51. The molecule has 4 aromatic rings. The van der Waals surface area contributed by atoms with E-state index in [-0.39, 0.29) is 30.1 Å². The van der Waals surface area contributed by atoms with E-state index in [1.54, 1.807) is 0 Å². The van der Waals surface area contributed by atoms with Crippen LogP contribution in [0.1, 0.15) is 50.9 Å². The summed E-state index contributed by atoms with van der Waals surface area (Å²) in [6, 6.07) is 13.6. The molecule has 0 atom stereocenters. The van der Waals surface area contributed by atoms with E-state index in [4.69, 9.17) is 14.8 Å². The molecular weight excluding hydrogens is 484 g/mol. The van der Waals surface area contributed by atoms with Crippen LogP contribution < -0.4 is 16.0 Å². The fourth-order valence-corrected chi connectivity index (χ4v) is 4.14. The number of aromatic nitrogens is 4. The van der Waals surface area contributed by atoms with Gasteiger partial charge in [-0.15, -0.1) is 0 Å². The zero-order valence-electron chi connectivity index (χ0n) is 21.7. The Hall–Kier alpha value is -4.45. The largest absolute Gasteiger partial charge is 0.487 e. The number of hydrogen-bond acceptors (Lipinski definition) is 6. The van der Waals surface area contributed by atoms with E-state index in [1.165, 1.54) is 11.6 Å². The second kappa shape index (κ2) is 11.7. The van der Waals surface area contributed by atoms with Gasteiger partial charge in [-0.25, -0.2) is 14.8 Å². The fourth-order valence-electron chi connectivity index (χ4n) is 4.14. The van der Waals surface area contributed by atoms with Gasteiger partial charge in [0, 0.05) is 31.8 Å². The van der Waals surface area contributed by atoms with Crippen LogP contribution in [0.4, 0.5) is 0 Å². The molecule has 0 bridgehead atoms. The lowest BCUT2D eigenvalue weighted by atomic mass is 10.1. The van der Waals surface area contributed by atoms with Gasteiger partial charge in [0.2, 0.25) is 0 Å². The number of carboxylic acids is 1. The van der Waals surface area contributed by atoms with Crippen molar-refractivity contribution < 1.29 is 14.6 Å². The van der Waals surface area contributed by atoms with Crippen molar-refractivity contribution in [3.05, 3.63) is 74.7 Å². The van der Waals surface area contributed by atoms with E-state index in [1.807, 2.05) is 56.3 Å². The molecule has 0 aliphatic heterocycles. The number of hydrogen-bond donors (Lipinski definition) is 1. The van der Waals surface area contributed by atoms with Crippen LogP contribution in [-0.4, -0.2) is 30.2 Å². The first-order valence-electron chi connectivity index (χ1n) is 12.6. The Kier molecular flexibility index (Phi) is 8.22. The summed E-state index contributed by atoms with van der Waals surface area (Å²) < 4.78 is 8.67. The molecular formula is C29H30N4O5. The molecule has 2 heterocycles. The summed E-state index contributed by atoms with van der Waals surface area (Å²) in [6.45, 7) is 4.36. The topological polar surface area (TPSA) is 116 Å². The molecule has 0 unspecified atom stereocenters. The van der Waals surface area contributed by atoms with Gasteiger partial charge >= 0.3 is 11.7 Å². The molecule has 0 amide bonds. The molecule has 196 valence electrons. The van der Waals surface area contributed by atoms with Crippen LogP contribution in [0.2, 0.25) is 0 Å². The minimum atomic E-state index is -0.838. The lowest BCUT2D eigenvalue weighted by molar-refractivity contribution is -0.137. The number of aliphatic carboxylic acids is 1. The highest BCUT2D eigenvalue weighted by molar-refractivity contribution is 5.88. The Balaban J connectivity index is 1.77. The van der Waals surface area contributed by atoms with Crippen LogP contribution >= 0.6 is 0 Å². The second-order valence-corrected chi connectivity index (χ2v) is 9.51. The average Bonchev–Trinajstić information content (AvgIpc) is 2.90. The van der Waals surface area contributed by atoms with Crippen molar-refractivity contribution in [3.63, 3.8) is 0 Å². The molecule has 2 aromatic carbocycles. The molecule has 1 N–H and O–H groups in total. The molecule has 0 fully saturated rings. The number of rotatable bonds is 9. The highest BCUT2D eigenvalue weighted by atomic mass is 16.5. The SMILES string of the molecule is CC(C)Cn1c(=O)n(C)c(=O)c2nc(C#CCCCCC(=O)O)c(COc3cccc4ccccc34)nc21. The first-order chi connectivity index (χ1) is 18.3. The highest BCUT2D eigenvalue weighted by Crippen LogP contribution is 2.26. The molecule has 9 nitrogen and oxygen atoms in total. The van der Waals surface area contributed by atoms with Gasteiger partial charge in [0.25, 0.3) is 5.56 Å². The minimum Gasteiger partial charge on any atom is -0.487 e. The maximum absolute atomic E-state index is 13.0. The summed E-state index contributed by atoms with van der Waals surface area (Å²) in [6.07, 6.45) is 1.71. The van der Waals surface area contributed by atoms with Gasteiger partial charge in [-0.05, 0) is 36.1 Å². The van der Waals surface area contributed by atoms with Gasteiger partial charge in [0.05, 0.1) is 0 Å². The lowest BCUT2D eigenvalue weighted by Gasteiger charge is -2.15. The van der Waals surface area contributed by atoms with Gasteiger partial charge in [-0.2, -0.15) is 0 Å². The van der Waals surface area contributed by atoms with Crippen LogP contribution in [0.5, 0.6) is 5.75 Å². The van der Waals surface area contributed by atoms with Crippen LogP contribution in [0.15, 0.2) is 52.1 Å². The van der Waals surface area contributed by atoms with Crippen molar-refractivity contribution in [2.75, 3.05) is 0 Å². The molecule has 2 aromatic heterocycles. The van der Waals surface area contributed by atoms with Crippen LogP contribution in [-0.2, 0) is 25.0 Å². The van der Waals surface area contributed by atoms with Gasteiger partial charge in [0.1, 0.15) is 23.7 Å². The van der Waals surface area contributed by atoms with Crippen molar-refractivity contribution in [1.82, 2.24) is 19.1 Å². The van der Waals surface area contributed by atoms with E-state index in [0.717, 1.165) is 15.3 Å². The number of carboxylic acid groups (broad SMARTS) is 1. The average molecular weight is 515 g/mol. The molecule has 0 saturated heterocycles. The number of unbranched alkanes of at least 4 members (excludes halogenated alkanes) is 2. The molecule has 4 rings (SSSR count). The zero-order valence-corrected chi connectivity index (χ0v) is 21.7. The Labute approximate surface area is 219 Å². The minimum absolute atomic E-state index is 0.0328. The Morgan fingerprint density at radius 1 is 1.08 bits per heavy atom. The van der Waals surface area contributed by atoms with Crippen LogP contribution in [0, 0.1) is 17.8 Å². The Morgan fingerprint density at radius 2 is 1.84 bits per heavy atom. The molecule has 0 aliphatic carbocycles. The van der Waals surface area contributed by atoms with E-state index < -0.39 is 17.2 Å². The summed E-state index contributed by atoms with van der Waals surface area (Å²) >= 11 is 0. The maximum Gasteiger partial charge on any atom is 0.332 e. The standard InChI is InChI=1S/C29H30N4O5/c1-19(2)17-33-27-26(28(36)32(3)29(33)37)30-22(14-6-4-5-7-16-25(34)35)23(31-27)18-38-24-15-10-12-20-11-8-9-13-21(20)24/h8-13,15,19H,4-5,7,16-18H2,1-3H3,(H,34,35). The van der Waals surface area contributed by atoms with Crippen molar-refractivity contribution in [3.8, 4) is 17.6 Å². The van der Waals surface area contributed by atoms with Crippen LogP contribution in [0.3, 0.4) is 0 Å². The van der Waals surface area contributed by atoms with Crippen LogP contribution in [0.25, 0.3) is 21.9 Å². The fraction of sp³-hybridized carbons (Fsp3) is 0.345. The van der Waals surface area contributed by atoms with Crippen molar-refractivity contribution in [2.24, 2.45) is 13.0 Å². The third kappa shape index (κ3) is 5.92. The molecule has 38 heavy (non-hydrogen) atoms. The van der Waals surface area contributed by atoms with Gasteiger partial charge in [-0.3, -0.25) is 18.7 Å². The van der Waals surface area contributed by atoms with Crippen molar-refractivity contribution in [2.45, 2.75) is 52.7 Å². The molecule has 0 spiro atoms. The van der Waals surface area contributed by atoms with Gasteiger partial charge in [-0.1, -0.05) is 56.2 Å². The first kappa shape index (κ1) is 26.6. The smallest absolute Gasteiger partial charge is 0.332 e. The van der Waals surface area contributed by atoms with E-state index >= 15 is 0 Å². The monoisotopic (exact) mass is 514 g/mol. The van der Waals surface area contributed by atoms with E-state index in [0.29, 0.717) is 42.9 Å². The molecule has 9 heteroatoms. The van der Waals surface area contributed by atoms with Crippen molar-refractivity contribution >= 4 is 27.9 Å². The number of nitrogens with zero attached hydrogens (tertiary/aromatic N) is 4. The predicted octanol–water partition coefficient (Wildman–Crippen LogP) is 3.87. The van der Waals surface area contributed by atoms with E-state index in [9.17, 15) is 14.4 Å². The number of carbonyl (C=O) groups is 1. The quantitative estimate of drug-likeness (QED) is 0.266. The maximum atomic E-state index is 13.0. The summed E-state index contributed by atoms with van der Waals surface area (Å²) in [7, 11) is 1.42. The van der Waals surface area contributed by atoms with Crippen molar-refractivity contribution in [1.29, 1.82) is 0 Å². The zero-order chi connectivity index (χ0) is 27.2. The summed E-state index contributed by atoms with van der Waals surface area (Å²) in [4.78, 5) is 45.9. The summed E-state index contributed by atoms with van der Waals surface area (Å²) in [5.41, 5.74) is -0.0177. The summed E-state index contributed by atoms with van der Waals surface area (Å²) in [5, 5.41) is 10.8.